The fraction of sp³-hybridized carbons (Fsp3) is 0.786. The van der Waals surface area contributed by atoms with Crippen LogP contribution in [0.4, 0.5) is 0 Å². The molecule has 3 nitrogen and oxygen atoms in total. The molecule has 1 rings (SSSR count). The van der Waals surface area contributed by atoms with Crippen LogP contribution in [0, 0.1) is 12.8 Å². The minimum atomic E-state index is 0.575. The van der Waals surface area contributed by atoms with E-state index in [1.165, 1.54) is 18.5 Å². The van der Waals surface area contributed by atoms with Gasteiger partial charge in [-0.05, 0) is 32.8 Å². The molecule has 1 unspecified atom stereocenters. The Morgan fingerprint density at radius 1 is 1.29 bits per heavy atom. The summed E-state index contributed by atoms with van der Waals surface area (Å²) in [5.74, 6) is 0.772. The van der Waals surface area contributed by atoms with Crippen molar-refractivity contribution in [1.29, 1.82) is 0 Å². The van der Waals surface area contributed by atoms with E-state index in [1.54, 1.807) is 0 Å². The summed E-state index contributed by atoms with van der Waals surface area (Å²) < 4.78 is 2.09. The molecule has 0 aliphatic carbocycles. The summed E-state index contributed by atoms with van der Waals surface area (Å²) in [6.07, 6.45) is 2.49. The zero-order valence-electron chi connectivity index (χ0n) is 12.0. The Balaban J connectivity index is 2.54. The van der Waals surface area contributed by atoms with E-state index in [4.69, 9.17) is 0 Å². The first-order chi connectivity index (χ1) is 8.12. The average molecular weight is 237 g/mol. The van der Waals surface area contributed by atoms with Crippen molar-refractivity contribution in [2.75, 3.05) is 0 Å². The molecule has 1 atom stereocenters. The number of rotatable bonds is 7. The summed E-state index contributed by atoms with van der Waals surface area (Å²) in [5.41, 5.74) is 2.40. The van der Waals surface area contributed by atoms with Gasteiger partial charge < -0.3 is 5.32 Å². The van der Waals surface area contributed by atoms with Gasteiger partial charge in [0, 0.05) is 19.1 Å². The quantitative estimate of drug-likeness (QED) is 0.789. The Hall–Kier alpha value is -0.830. The molecule has 1 N–H and O–H groups in total. The van der Waals surface area contributed by atoms with Crippen LogP contribution in [0.3, 0.4) is 0 Å². The third-order valence-corrected chi connectivity index (χ3v) is 3.65. The highest BCUT2D eigenvalue weighted by Gasteiger charge is 2.13. The zero-order valence-corrected chi connectivity index (χ0v) is 12.0. The van der Waals surface area contributed by atoms with E-state index in [1.807, 2.05) is 0 Å². The van der Waals surface area contributed by atoms with Gasteiger partial charge in [-0.25, -0.2) is 0 Å². The highest BCUT2D eigenvalue weighted by atomic mass is 15.3. The number of hydrogen-bond acceptors (Lipinski definition) is 2. The smallest absolute Gasteiger partial charge is 0.0597 e. The van der Waals surface area contributed by atoms with Gasteiger partial charge in [0.1, 0.15) is 0 Å². The van der Waals surface area contributed by atoms with Crippen molar-refractivity contribution in [2.24, 2.45) is 5.92 Å². The van der Waals surface area contributed by atoms with Gasteiger partial charge in [0.05, 0.1) is 11.4 Å². The van der Waals surface area contributed by atoms with Gasteiger partial charge in [0.15, 0.2) is 0 Å². The Bertz CT molecular complexity index is 326. The van der Waals surface area contributed by atoms with Crippen molar-refractivity contribution in [3.63, 3.8) is 0 Å². The second-order valence-corrected chi connectivity index (χ2v) is 4.84. The summed E-state index contributed by atoms with van der Waals surface area (Å²) in [5, 5.41) is 8.10. The molecule has 0 radical (unpaired) electrons. The second kappa shape index (κ2) is 6.80. The highest BCUT2D eigenvalue weighted by molar-refractivity contribution is 5.08. The first-order valence-electron chi connectivity index (χ1n) is 6.89. The lowest BCUT2D eigenvalue weighted by Crippen LogP contribution is -2.33. The average Bonchev–Trinajstić information content (AvgIpc) is 2.68. The van der Waals surface area contributed by atoms with Crippen molar-refractivity contribution < 1.29 is 0 Å². The fourth-order valence-corrected chi connectivity index (χ4v) is 2.44. The van der Waals surface area contributed by atoms with Gasteiger partial charge >= 0.3 is 0 Å². The summed E-state index contributed by atoms with van der Waals surface area (Å²) in [6, 6.07) is 2.75. The lowest BCUT2D eigenvalue weighted by atomic mass is 9.95. The highest BCUT2D eigenvalue weighted by Crippen LogP contribution is 2.13. The van der Waals surface area contributed by atoms with E-state index in [0.717, 1.165) is 24.7 Å². The third kappa shape index (κ3) is 3.84. The fourth-order valence-electron chi connectivity index (χ4n) is 2.44. The molecule has 17 heavy (non-hydrogen) atoms. The molecule has 0 amide bonds. The maximum Gasteiger partial charge on any atom is 0.0597 e. The van der Waals surface area contributed by atoms with Crippen molar-refractivity contribution in [2.45, 2.75) is 66.6 Å². The molecule has 0 fully saturated rings. The maximum atomic E-state index is 4.47. The molecule has 3 heteroatoms. The molecule has 0 spiro atoms. The van der Waals surface area contributed by atoms with Crippen LogP contribution in [0.5, 0.6) is 0 Å². The van der Waals surface area contributed by atoms with Crippen molar-refractivity contribution in [3.05, 3.63) is 17.5 Å². The normalized spacial score (nSPS) is 13.3. The minimum Gasteiger partial charge on any atom is -0.308 e. The molecular weight excluding hydrogens is 210 g/mol. The topological polar surface area (TPSA) is 29.9 Å². The number of aromatic nitrogens is 2. The molecule has 98 valence electrons. The van der Waals surface area contributed by atoms with E-state index in [-0.39, 0.29) is 0 Å². The summed E-state index contributed by atoms with van der Waals surface area (Å²) in [7, 11) is 0. The van der Waals surface area contributed by atoms with Crippen LogP contribution in [0.2, 0.25) is 0 Å². The maximum absolute atomic E-state index is 4.47. The van der Waals surface area contributed by atoms with Crippen LogP contribution < -0.4 is 5.32 Å². The zero-order chi connectivity index (χ0) is 12.8. The number of nitrogens with zero attached hydrogens (tertiary/aromatic N) is 2. The molecular formula is C14H27N3. The lowest BCUT2D eigenvalue weighted by Gasteiger charge is -2.22. The molecule has 0 bridgehead atoms. The molecule has 0 saturated heterocycles. The Kier molecular flexibility index (Phi) is 5.69. The van der Waals surface area contributed by atoms with E-state index >= 15 is 0 Å². The summed E-state index contributed by atoms with van der Waals surface area (Å²) in [4.78, 5) is 0. The molecule has 0 aliphatic heterocycles. The summed E-state index contributed by atoms with van der Waals surface area (Å²) >= 11 is 0. The van der Waals surface area contributed by atoms with Gasteiger partial charge in [0.25, 0.3) is 0 Å². The molecule has 1 heterocycles. The third-order valence-electron chi connectivity index (χ3n) is 3.65. The second-order valence-electron chi connectivity index (χ2n) is 4.84. The summed E-state index contributed by atoms with van der Waals surface area (Å²) in [6.45, 7) is 12.9. The van der Waals surface area contributed by atoms with Gasteiger partial charge in [-0.1, -0.05) is 26.7 Å². The minimum absolute atomic E-state index is 0.575. The molecule has 1 aromatic rings. The molecule has 0 aromatic carbocycles. The van der Waals surface area contributed by atoms with E-state index in [2.05, 4.69) is 55.8 Å². The Labute approximate surface area is 106 Å². The predicted octanol–water partition coefficient (Wildman–Crippen LogP) is 3.13. The predicted molar refractivity (Wildman–Crippen MR) is 73.0 cm³/mol. The van der Waals surface area contributed by atoms with Crippen LogP contribution in [0.25, 0.3) is 0 Å². The first kappa shape index (κ1) is 14.2. The molecule has 1 aromatic heterocycles. The van der Waals surface area contributed by atoms with Crippen molar-refractivity contribution in [1.82, 2.24) is 15.1 Å². The van der Waals surface area contributed by atoms with Crippen LogP contribution in [-0.2, 0) is 13.1 Å². The SMILES string of the molecule is CCC(CC)C(C)NCc1cc(C)nn1CC. The first-order valence-corrected chi connectivity index (χ1v) is 6.89. The van der Waals surface area contributed by atoms with E-state index in [0.29, 0.717) is 6.04 Å². The van der Waals surface area contributed by atoms with Crippen LogP contribution in [-0.4, -0.2) is 15.8 Å². The van der Waals surface area contributed by atoms with Crippen molar-refractivity contribution >= 4 is 0 Å². The molecule has 0 saturated carbocycles. The van der Waals surface area contributed by atoms with Gasteiger partial charge in [0.2, 0.25) is 0 Å². The van der Waals surface area contributed by atoms with E-state index in [9.17, 15) is 0 Å². The van der Waals surface area contributed by atoms with Gasteiger partial charge in [-0.15, -0.1) is 0 Å². The van der Waals surface area contributed by atoms with Gasteiger partial charge in [-0.3, -0.25) is 4.68 Å². The van der Waals surface area contributed by atoms with Crippen molar-refractivity contribution in [3.8, 4) is 0 Å². The number of nitrogens with one attached hydrogen (secondary N) is 1. The van der Waals surface area contributed by atoms with E-state index < -0.39 is 0 Å². The Morgan fingerprint density at radius 3 is 2.47 bits per heavy atom. The Morgan fingerprint density at radius 2 is 1.94 bits per heavy atom. The van der Waals surface area contributed by atoms with Gasteiger partial charge in [-0.2, -0.15) is 5.10 Å². The van der Waals surface area contributed by atoms with Crippen LogP contribution in [0.1, 0.15) is 51.9 Å². The standard InChI is InChI=1S/C14H27N3/c1-6-13(7-2)12(5)15-10-14-9-11(4)16-17(14)8-3/h9,12-13,15H,6-8,10H2,1-5H3. The number of hydrogen-bond donors (Lipinski definition) is 1. The largest absolute Gasteiger partial charge is 0.308 e. The van der Waals surface area contributed by atoms with Crippen LogP contribution in [0.15, 0.2) is 6.07 Å². The number of aryl methyl sites for hydroxylation is 2. The van der Waals surface area contributed by atoms with Crippen LogP contribution >= 0.6 is 0 Å². The lowest BCUT2D eigenvalue weighted by molar-refractivity contribution is 0.349. The molecule has 0 aliphatic rings. The monoisotopic (exact) mass is 237 g/mol.